The van der Waals surface area contributed by atoms with Crippen molar-refractivity contribution >= 4 is 5.71 Å². The lowest BCUT2D eigenvalue weighted by molar-refractivity contribution is -0.0601. The monoisotopic (exact) mass is 377 g/mol. The summed E-state index contributed by atoms with van der Waals surface area (Å²) < 4.78 is 44.1. The van der Waals surface area contributed by atoms with Crippen LogP contribution in [0.2, 0.25) is 0 Å². The maximum atomic E-state index is 12.8. The zero-order valence-corrected chi connectivity index (χ0v) is 15.1. The van der Waals surface area contributed by atoms with Crippen molar-refractivity contribution in [2.75, 3.05) is 0 Å². The molecule has 0 amide bonds. The van der Waals surface area contributed by atoms with Crippen LogP contribution in [0.4, 0.5) is 13.2 Å². The molecule has 0 saturated heterocycles. The maximum Gasteiger partial charge on any atom is 0.437 e. The highest BCUT2D eigenvalue weighted by Gasteiger charge is 2.37. The minimum Gasteiger partial charge on any atom is -0.457 e. The number of oxime groups is 1. The molecule has 1 N–H and O–H groups in total. The molecule has 0 atom stereocenters. The van der Waals surface area contributed by atoms with Crippen molar-refractivity contribution in [3.8, 4) is 11.5 Å². The van der Waals surface area contributed by atoms with E-state index in [0.717, 1.165) is 5.56 Å². The topological polar surface area (TPSA) is 41.8 Å². The number of aryl methyl sites for hydroxylation is 1. The van der Waals surface area contributed by atoms with Crippen LogP contribution in [0, 0.1) is 6.92 Å². The summed E-state index contributed by atoms with van der Waals surface area (Å²) in [6.45, 7) is 1.97. The van der Waals surface area contributed by atoms with Crippen molar-refractivity contribution < 1.29 is 23.1 Å². The van der Waals surface area contributed by atoms with Crippen molar-refractivity contribution in [2.24, 2.45) is 5.16 Å². The first-order valence-electron chi connectivity index (χ1n) is 9.06. The van der Waals surface area contributed by atoms with Gasteiger partial charge in [0.15, 0.2) is 5.71 Å². The summed E-state index contributed by atoms with van der Waals surface area (Å²) in [6, 6.07) is 11.4. The van der Waals surface area contributed by atoms with E-state index in [-0.39, 0.29) is 5.56 Å². The lowest BCUT2D eigenvalue weighted by Gasteiger charge is -2.22. The van der Waals surface area contributed by atoms with Gasteiger partial charge in [-0.2, -0.15) is 13.2 Å². The number of rotatable bonds is 4. The van der Waals surface area contributed by atoms with Crippen LogP contribution in [-0.2, 0) is 0 Å². The van der Waals surface area contributed by atoms with Crippen LogP contribution in [0.15, 0.2) is 47.6 Å². The zero-order chi connectivity index (χ0) is 19.4. The molecule has 6 heteroatoms. The van der Waals surface area contributed by atoms with Gasteiger partial charge in [0.25, 0.3) is 0 Å². The standard InChI is InChI=1S/C21H22F3NO2/c1-14-13-17(15-5-3-2-4-6-15)9-12-19(14)27-18-10-7-16(8-11-18)20(25-26)21(22,23)24/h7-13,15,26H,2-6H2,1H3. The molecule has 0 unspecified atom stereocenters. The van der Waals surface area contributed by atoms with E-state index in [4.69, 9.17) is 9.94 Å². The quantitative estimate of drug-likeness (QED) is 0.372. The highest BCUT2D eigenvalue weighted by molar-refractivity contribution is 6.04. The molecule has 27 heavy (non-hydrogen) atoms. The van der Waals surface area contributed by atoms with E-state index in [1.807, 2.05) is 13.0 Å². The van der Waals surface area contributed by atoms with Gasteiger partial charge in [-0.05, 0) is 67.1 Å². The summed E-state index contributed by atoms with van der Waals surface area (Å²) in [5, 5.41) is 11.0. The molecule has 1 aliphatic carbocycles. The largest absolute Gasteiger partial charge is 0.457 e. The lowest BCUT2D eigenvalue weighted by Crippen LogP contribution is -2.23. The summed E-state index contributed by atoms with van der Waals surface area (Å²) in [4.78, 5) is 0. The van der Waals surface area contributed by atoms with Gasteiger partial charge < -0.3 is 9.94 Å². The third kappa shape index (κ3) is 4.62. The van der Waals surface area contributed by atoms with Crippen LogP contribution in [0.1, 0.15) is 54.7 Å². The van der Waals surface area contributed by atoms with Gasteiger partial charge in [-0.3, -0.25) is 0 Å². The highest BCUT2D eigenvalue weighted by Crippen LogP contribution is 2.35. The van der Waals surface area contributed by atoms with Crippen molar-refractivity contribution in [3.63, 3.8) is 0 Å². The zero-order valence-electron chi connectivity index (χ0n) is 15.1. The van der Waals surface area contributed by atoms with E-state index >= 15 is 0 Å². The fourth-order valence-electron chi connectivity index (χ4n) is 3.56. The molecule has 1 aliphatic rings. The van der Waals surface area contributed by atoms with E-state index in [1.165, 1.54) is 61.9 Å². The van der Waals surface area contributed by atoms with Gasteiger partial charge in [-0.15, -0.1) is 0 Å². The Labute approximate surface area is 156 Å². The summed E-state index contributed by atoms with van der Waals surface area (Å²) in [5.41, 5.74) is 0.766. The van der Waals surface area contributed by atoms with Gasteiger partial charge in [-0.25, -0.2) is 0 Å². The Morgan fingerprint density at radius 2 is 1.70 bits per heavy atom. The molecule has 1 fully saturated rings. The first kappa shape index (κ1) is 19.3. The average Bonchev–Trinajstić information content (AvgIpc) is 2.65. The smallest absolute Gasteiger partial charge is 0.437 e. The van der Waals surface area contributed by atoms with Gasteiger partial charge in [0.2, 0.25) is 0 Å². The Bertz CT molecular complexity index is 807. The fourth-order valence-corrected chi connectivity index (χ4v) is 3.56. The summed E-state index contributed by atoms with van der Waals surface area (Å²) in [6.07, 6.45) is 1.56. The summed E-state index contributed by atoms with van der Waals surface area (Å²) in [7, 11) is 0. The van der Waals surface area contributed by atoms with E-state index in [0.29, 0.717) is 17.4 Å². The predicted octanol–water partition coefficient (Wildman–Crippen LogP) is 6.58. The molecule has 0 aliphatic heterocycles. The number of nitrogens with zero attached hydrogens (tertiary/aromatic N) is 1. The Balaban J connectivity index is 1.73. The molecule has 144 valence electrons. The Morgan fingerprint density at radius 3 is 2.26 bits per heavy atom. The van der Waals surface area contributed by atoms with E-state index < -0.39 is 11.9 Å². The van der Waals surface area contributed by atoms with Crippen LogP contribution < -0.4 is 4.74 Å². The molecule has 2 aromatic rings. The second-order valence-electron chi connectivity index (χ2n) is 6.93. The normalized spacial score (nSPS) is 16.4. The Hall–Kier alpha value is -2.50. The maximum absolute atomic E-state index is 12.8. The number of hydrogen-bond donors (Lipinski definition) is 1. The minimum absolute atomic E-state index is 0.221. The molecule has 3 nitrogen and oxygen atoms in total. The van der Waals surface area contributed by atoms with Gasteiger partial charge >= 0.3 is 6.18 Å². The highest BCUT2D eigenvalue weighted by atomic mass is 19.4. The fraction of sp³-hybridized carbons (Fsp3) is 0.381. The number of alkyl halides is 3. The second-order valence-corrected chi connectivity index (χ2v) is 6.93. The predicted molar refractivity (Wildman–Crippen MR) is 97.9 cm³/mol. The van der Waals surface area contributed by atoms with E-state index in [9.17, 15) is 13.2 Å². The van der Waals surface area contributed by atoms with Crippen LogP contribution >= 0.6 is 0 Å². The SMILES string of the molecule is Cc1cc(C2CCCCC2)ccc1Oc1ccc(C(=NO)C(F)(F)F)cc1. The van der Waals surface area contributed by atoms with Gasteiger partial charge in [0, 0.05) is 5.56 Å². The van der Waals surface area contributed by atoms with Gasteiger partial charge in [-0.1, -0.05) is 36.6 Å². The third-order valence-electron chi connectivity index (χ3n) is 5.00. The van der Waals surface area contributed by atoms with Gasteiger partial charge in [0.1, 0.15) is 11.5 Å². The molecular weight excluding hydrogens is 355 g/mol. The van der Waals surface area contributed by atoms with Crippen molar-refractivity contribution in [2.45, 2.75) is 51.1 Å². The summed E-state index contributed by atoms with van der Waals surface area (Å²) >= 11 is 0. The van der Waals surface area contributed by atoms with Crippen molar-refractivity contribution in [1.29, 1.82) is 0 Å². The number of halogens is 3. The molecule has 2 aromatic carbocycles. The van der Waals surface area contributed by atoms with Crippen LogP contribution in [-0.4, -0.2) is 17.1 Å². The molecule has 1 saturated carbocycles. The lowest BCUT2D eigenvalue weighted by atomic mass is 9.83. The van der Waals surface area contributed by atoms with Crippen LogP contribution in [0.5, 0.6) is 11.5 Å². The van der Waals surface area contributed by atoms with E-state index in [1.54, 1.807) is 0 Å². The minimum atomic E-state index is -4.72. The van der Waals surface area contributed by atoms with Crippen LogP contribution in [0.25, 0.3) is 0 Å². The molecule has 0 bridgehead atoms. The van der Waals surface area contributed by atoms with E-state index in [2.05, 4.69) is 17.3 Å². The first-order valence-corrected chi connectivity index (χ1v) is 9.06. The third-order valence-corrected chi connectivity index (χ3v) is 5.00. The Morgan fingerprint density at radius 1 is 1.04 bits per heavy atom. The molecule has 3 rings (SSSR count). The van der Waals surface area contributed by atoms with Gasteiger partial charge in [0.05, 0.1) is 0 Å². The molecule has 0 radical (unpaired) electrons. The van der Waals surface area contributed by atoms with Crippen LogP contribution in [0.3, 0.4) is 0 Å². The molecule has 0 spiro atoms. The molecular formula is C21H22F3NO2. The molecule has 0 aromatic heterocycles. The average molecular weight is 377 g/mol. The Kier molecular flexibility index (Phi) is 5.73. The van der Waals surface area contributed by atoms with Crippen molar-refractivity contribution in [1.82, 2.24) is 0 Å². The van der Waals surface area contributed by atoms with Crippen molar-refractivity contribution in [3.05, 3.63) is 59.2 Å². The second kappa shape index (κ2) is 8.03. The number of benzene rings is 2. The molecule has 0 heterocycles. The number of hydrogen-bond acceptors (Lipinski definition) is 3. The number of ether oxygens (including phenoxy) is 1. The first-order chi connectivity index (χ1) is 12.9. The summed E-state index contributed by atoms with van der Waals surface area (Å²) in [5.74, 6) is 1.70.